The zero-order valence-corrected chi connectivity index (χ0v) is 14.5. The van der Waals surface area contributed by atoms with Gasteiger partial charge in [-0.05, 0) is 24.3 Å². The van der Waals surface area contributed by atoms with E-state index < -0.39 is 41.1 Å². The molecule has 1 aromatic rings. The standard InChI is InChI=1S/C20H21FO4/c1-5-16(13-10-8-7-9-11-13)25-19(23)17-14(20(17,3)4)12-15(21)18(22)24-6-2/h1,7-12,14,16-17H,6H2,2-4H3/t14-,16?,17-/m0/s1. The second-order valence-electron chi connectivity index (χ2n) is 6.45. The minimum Gasteiger partial charge on any atom is -0.461 e. The van der Waals surface area contributed by atoms with E-state index in [-0.39, 0.29) is 6.61 Å². The molecule has 5 heteroatoms. The fourth-order valence-electron chi connectivity index (χ4n) is 2.88. The highest BCUT2D eigenvalue weighted by atomic mass is 19.1. The Morgan fingerprint density at radius 1 is 1.36 bits per heavy atom. The summed E-state index contributed by atoms with van der Waals surface area (Å²) in [6.07, 6.45) is 5.80. The van der Waals surface area contributed by atoms with E-state index in [1.54, 1.807) is 31.2 Å². The highest BCUT2D eigenvalue weighted by Crippen LogP contribution is 2.60. The van der Waals surface area contributed by atoms with Crippen molar-refractivity contribution in [2.45, 2.75) is 26.9 Å². The van der Waals surface area contributed by atoms with Gasteiger partial charge in [-0.15, -0.1) is 6.42 Å². The number of carbonyl (C=O) groups is 2. The Morgan fingerprint density at radius 2 is 2.00 bits per heavy atom. The molecule has 0 heterocycles. The molecule has 1 aliphatic carbocycles. The number of esters is 2. The Morgan fingerprint density at radius 3 is 2.56 bits per heavy atom. The molecule has 0 aliphatic heterocycles. The van der Waals surface area contributed by atoms with Crippen molar-refractivity contribution >= 4 is 11.9 Å². The van der Waals surface area contributed by atoms with Gasteiger partial charge in [-0.1, -0.05) is 50.1 Å². The minimum absolute atomic E-state index is 0.0839. The van der Waals surface area contributed by atoms with Gasteiger partial charge < -0.3 is 9.47 Å². The molecule has 0 bridgehead atoms. The summed E-state index contributed by atoms with van der Waals surface area (Å²) >= 11 is 0. The highest BCUT2D eigenvalue weighted by molar-refractivity contribution is 5.87. The van der Waals surface area contributed by atoms with Gasteiger partial charge in [0.2, 0.25) is 5.83 Å². The lowest BCUT2D eigenvalue weighted by Gasteiger charge is -2.13. The quantitative estimate of drug-likeness (QED) is 0.450. The molecular formula is C20H21FO4. The molecule has 1 unspecified atom stereocenters. The summed E-state index contributed by atoms with van der Waals surface area (Å²) in [4.78, 5) is 23.9. The van der Waals surface area contributed by atoms with Gasteiger partial charge >= 0.3 is 11.9 Å². The van der Waals surface area contributed by atoms with Crippen molar-refractivity contribution in [1.29, 1.82) is 0 Å². The van der Waals surface area contributed by atoms with E-state index >= 15 is 0 Å². The van der Waals surface area contributed by atoms with E-state index in [1.165, 1.54) is 0 Å². The molecule has 4 nitrogen and oxygen atoms in total. The van der Waals surface area contributed by atoms with E-state index in [1.807, 2.05) is 19.9 Å². The summed E-state index contributed by atoms with van der Waals surface area (Å²) < 4.78 is 23.9. The van der Waals surface area contributed by atoms with Crippen LogP contribution in [-0.2, 0) is 19.1 Å². The number of hydrogen-bond donors (Lipinski definition) is 0. The molecule has 1 fully saturated rings. The molecule has 1 aromatic carbocycles. The van der Waals surface area contributed by atoms with Crippen LogP contribution in [0.5, 0.6) is 0 Å². The predicted octanol–water partition coefficient (Wildman–Crippen LogP) is 3.59. The lowest BCUT2D eigenvalue weighted by atomic mass is 10.1. The van der Waals surface area contributed by atoms with Gasteiger partial charge in [-0.3, -0.25) is 4.79 Å². The minimum atomic E-state index is -1.02. The number of carbonyl (C=O) groups excluding carboxylic acids is 2. The molecular weight excluding hydrogens is 323 g/mol. The Kier molecular flexibility index (Phi) is 5.63. The Bertz CT molecular complexity index is 715. The second kappa shape index (κ2) is 7.52. The fourth-order valence-corrected chi connectivity index (χ4v) is 2.88. The van der Waals surface area contributed by atoms with Crippen LogP contribution in [0.15, 0.2) is 42.2 Å². The number of ether oxygens (including phenoxy) is 2. The molecule has 2 rings (SSSR count). The van der Waals surface area contributed by atoms with Crippen molar-refractivity contribution in [2.24, 2.45) is 17.3 Å². The van der Waals surface area contributed by atoms with Crippen molar-refractivity contribution in [3.05, 3.63) is 47.8 Å². The van der Waals surface area contributed by atoms with Crippen molar-refractivity contribution in [2.75, 3.05) is 6.61 Å². The molecule has 0 aromatic heterocycles. The number of benzene rings is 1. The molecule has 1 aliphatic rings. The predicted molar refractivity (Wildman–Crippen MR) is 90.7 cm³/mol. The largest absolute Gasteiger partial charge is 0.461 e. The Hall–Kier alpha value is -2.61. The summed E-state index contributed by atoms with van der Waals surface area (Å²) in [5.74, 6) is -1.09. The molecule has 0 saturated heterocycles. The van der Waals surface area contributed by atoms with Crippen molar-refractivity contribution in [3.63, 3.8) is 0 Å². The Labute approximate surface area is 147 Å². The van der Waals surface area contributed by atoms with E-state index in [0.717, 1.165) is 6.08 Å². The SMILES string of the molecule is C#CC(OC(=O)[C@@H]1[C@H](C=C(F)C(=O)OCC)C1(C)C)c1ccccc1. The smallest absolute Gasteiger partial charge is 0.366 e. The lowest BCUT2D eigenvalue weighted by Crippen LogP contribution is -2.14. The summed E-state index contributed by atoms with van der Waals surface area (Å²) in [6, 6.07) is 8.98. The van der Waals surface area contributed by atoms with Crippen LogP contribution in [0, 0.1) is 29.6 Å². The monoisotopic (exact) mass is 344 g/mol. The molecule has 1 saturated carbocycles. The zero-order chi connectivity index (χ0) is 18.6. The van der Waals surface area contributed by atoms with Crippen LogP contribution in [0.1, 0.15) is 32.4 Å². The number of rotatable bonds is 6. The Balaban J connectivity index is 2.08. The summed E-state index contributed by atoms with van der Waals surface area (Å²) in [5, 5.41) is 0. The maximum absolute atomic E-state index is 13.9. The van der Waals surface area contributed by atoms with Crippen LogP contribution in [0.4, 0.5) is 4.39 Å². The maximum atomic E-state index is 13.9. The molecule has 0 radical (unpaired) electrons. The van der Waals surface area contributed by atoms with E-state index in [2.05, 4.69) is 10.7 Å². The van der Waals surface area contributed by atoms with E-state index in [0.29, 0.717) is 5.56 Å². The molecule has 132 valence electrons. The molecule has 0 spiro atoms. The average molecular weight is 344 g/mol. The van der Waals surface area contributed by atoms with Crippen LogP contribution >= 0.6 is 0 Å². The van der Waals surface area contributed by atoms with Gasteiger partial charge in [-0.2, -0.15) is 4.39 Å². The molecule has 0 N–H and O–H groups in total. The van der Waals surface area contributed by atoms with Crippen LogP contribution in [0.25, 0.3) is 0 Å². The maximum Gasteiger partial charge on any atom is 0.366 e. The summed E-state index contributed by atoms with van der Waals surface area (Å²) in [6.45, 7) is 5.30. The van der Waals surface area contributed by atoms with E-state index in [4.69, 9.17) is 11.2 Å². The van der Waals surface area contributed by atoms with Gasteiger partial charge in [0.25, 0.3) is 0 Å². The first-order chi connectivity index (χ1) is 11.8. The number of terminal acetylenes is 1. The third-order valence-corrected chi connectivity index (χ3v) is 4.45. The highest BCUT2D eigenvalue weighted by Gasteiger charge is 2.62. The van der Waals surface area contributed by atoms with Gasteiger partial charge in [0.1, 0.15) is 0 Å². The van der Waals surface area contributed by atoms with Crippen LogP contribution in [0.2, 0.25) is 0 Å². The van der Waals surface area contributed by atoms with Crippen LogP contribution < -0.4 is 0 Å². The van der Waals surface area contributed by atoms with Gasteiger partial charge in [0.15, 0.2) is 6.10 Å². The second-order valence-corrected chi connectivity index (χ2v) is 6.45. The third-order valence-electron chi connectivity index (χ3n) is 4.45. The first-order valence-electron chi connectivity index (χ1n) is 8.09. The topological polar surface area (TPSA) is 52.6 Å². The van der Waals surface area contributed by atoms with Crippen LogP contribution in [-0.4, -0.2) is 18.5 Å². The van der Waals surface area contributed by atoms with Gasteiger partial charge in [0, 0.05) is 5.56 Å². The average Bonchev–Trinajstić information content (AvgIpc) is 3.13. The molecule has 0 amide bonds. The van der Waals surface area contributed by atoms with Crippen molar-refractivity contribution in [1.82, 2.24) is 0 Å². The number of halogens is 1. The molecule has 25 heavy (non-hydrogen) atoms. The van der Waals surface area contributed by atoms with Crippen molar-refractivity contribution in [3.8, 4) is 12.3 Å². The summed E-state index contributed by atoms with van der Waals surface area (Å²) in [7, 11) is 0. The number of hydrogen-bond acceptors (Lipinski definition) is 4. The zero-order valence-electron chi connectivity index (χ0n) is 14.5. The van der Waals surface area contributed by atoms with E-state index in [9.17, 15) is 14.0 Å². The third kappa shape index (κ3) is 4.08. The number of allylic oxidation sites excluding steroid dienone is 1. The first kappa shape index (κ1) is 18.7. The fraction of sp³-hybridized carbons (Fsp3) is 0.400. The van der Waals surface area contributed by atoms with Crippen molar-refractivity contribution < 1.29 is 23.5 Å². The molecule has 3 atom stereocenters. The van der Waals surface area contributed by atoms with Gasteiger partial charge in [-0.25, -0.2) is 4.79 Å². The lowest BCUT2D eigenvalue weighted by molar-refractivity contribution is -0.149. The van der Waals surface area contributed by atoms with Gasteiger partial charge in [0.05, 0.1) is 12.5 Å². The van der Waals surface area contributed by atoms with Crippen LogP contribution in [0.3, 0.4) is 0 Å². The first-order valence-corrected chi connectivity index (χ1v) is 8.09. The normalized spacial score (nSPS) is 22.4. The summed E-state index contributed by atoms with van der Waals surface area (Å²) in [5.41, 5.74) is 0.179.